The van der Waals surface area contributed by atoms with E-state index in [-0.39, 0.29) is 12.5 Å². The minimum Gasteiger partial charge on any atom is -0.396 e. The van der Waals surface area contributed by atoms with Crippen molar-refractivity contribution in [3.63, 3.8) is 0 Å². The number of carbonyl (C=O) groups excluding carboxylic acids is 1. The Labute approximate surface area is 85.9 Å². The second-order valence-electron chi connectivity index (χ2n) is 4.35. The maximum Gasteiger partial charge on any atom is 0.220 e. The molecule has 0 atom stereocenters. The van der Waals surface area contributed by atoms with E-state index in [0.717, 1.165) is 18.8 Å². The third kappa shape index (κ3) is 4.09. The number of amides is 1. The molecule has 0 saturated heterocycles. The molecule has 82 valence electrons. The maximum absolute atomic E-state index is 11.3. The van der Waals surface area contributed by atoms with Crippen LogP contribution in [0.3, 0.4) is 0 Å². The van der Waals surface area contributed by atoms with Crippen LogP contribution in [0.4, 0.5) is 0 Å². The van der Waals surface area contributed by atoms with Crippen LogP contribution in [0.2, 0.25) is 0 Å². The van der Waals surface area contributed by atoms with Gasteiger partial charge in [-0.05, 0) is 38.0 Å². The fraction of sp³-hybridized carbons (Fsp3) is 0.909. The molecule has 2 N–H and O–H groups in total. The summed E-state index contributed by atoms with van der Waals surface area (Å²) in [5, 5.41) is 11.6. The molecular formula is C11H21NO2. The Morgan fingerprint density at radius 1 is 1.36 bits per heavy atom. The fourth-order valence-electron chi connectivity index (χ4n) is 1.94. The lowest BCUT2D eigenvalue weighted by molar-refractivity contribution is -0.122. The van der Waals surface area contributed by atoms with Crippen molar-refractivity contribution < 1.29 is 9.90 Å². The number of rotatable bonds is 4. The smallest absolute Gasteiger partial charge is 0.220 e. The minimum absolute atomic E-state index is 0.0959. The van der Waals surface area contributed by atoms with Gasteiger partial charge in [0.15, 0.2) is 0 Å². The monoisotopic (exact) mass is 199 g/mol. The zero-order chi connectivity index (χ0) is 10.4. The topological polar surface area (TPSA) is 49.3 Å². The van der Waals surface area contributed by atoms with E-state index in [1.165, 1.54) is 12.8 Å². The Morgan fingerprint density at radius 3 is 2.57 bits per heavy atom. The molecule has 0 aromatic carbocycles. The summed E-state index contributed by atoms with van der Waals surface area (Å²) in [6, 6.07) is 0.386. The molecule has 0 aromatic rings. The highest BCUT2D eigenvalue weighted by atomic mass is 16.3. The normalized spacial score (nSPS) is 27.3. The van der Waals surface area contributed by atoms with Gasteiger partial charge in [0.2, 0.25) is 5.91 Å². The van der Waals surface area contributed by atoms with Crippen molar-refractivity contribution in [2.75, 3.05) is 6.61 Å². The van der Waals surface area contributed by atoms with E-state index < -0.39 is 0 Å². The van der Waals surface area contributed by atoms with Gasteiger partial charge in [-0.1, -0.05) is 6.92 Å². The van der Waals surface area contributed by atoms with E-state index >= 15 is 0 Å². The summed E-state index contributed by atoms with van der Waals surface area (Å²) in [6.45, 7) is 2.37. The van der Waals surface area contributed by atoms with Crippen LogP contribution in [0.5, 0.6) is 0 Å². The lowest BCUT2D eigenvalue weighted by Crippen LogP contribution is -2.37. The SMILES string of the molecule is CC1CCC(NC(=O)CCCO)CC1. The van der Waals surface area contributed by atoms with E-state index in [9.17, 15) is 4.79 Å². The Hall–Kier alpha value is -0.570. The molecule has 1 aliphatic carbocycles. The molecule has 1 saturated carbocycles. The molecule has 0 aromatic heterocycles. The van der Waals surface area contributed by atoms with Gasteiger partial charge in [-0.25, -0.2) is 0 Å². The van der Waals surface area contributed by atoms with Crippen LogP contribution in [-0.4, -0.2) is 23.7 Å². The molecule has 3 heteroatoms. The third-order valence-corrected chi connectivity index (χ3v) is 2.94. The molecular weight excluding hydrogens is 178 g/mol. The summed E-state index contributed by atoms with van der Waals surface area (Å²) in [5.74, 6) is 0.916. The van der Waals surface area contributed by atoms with Gasteiger partial charge in [-0.15, -0.1) is 0 Å². The van der Waals surface area contributed by atoms with Crippen LogP contribution in [0.1, 0.15) is 45.4 Å². The molecule has 14 heavy (non-hydrogen) atoms. The second kappa shape index (κ2) is 6.02. The van der Waals surface area contributed by atoms with E-state index in [1.807, 2.05) is 0 Å². The molecule has 0 aliphatic heterocycles. The largest absolute Gasteiger partial charge is 0.396 e. The molecule has 0 bridgehead atoms. The first-order chi connectivity index (χ1) is 6.72. The molecule has 0 heterocycles. The van der Waals surface area contributed by atoms with E-state index in [0.29, 0.717) is 18.9 Å². The molecule has 1 amide bonds. The van der Waals surface area contributed by atoms with E-state index in [4.69, 9.17) is 5.11 Å². The fourth-order valence-corrected chi connectivity index (χ4v) is 1.94. The zero-order valence-electron chi connectivity index (χ0n) is 8.96. The van der Waals surface area contributed by atoms with Crippen LogP contribution in [0.15, 0.2) is 0 Å². The lowest BCUT2D eigenvalue weighted by Gasteiger charge is -2.26. The first kappa shape index (κ1) is 11.5. The number of carbonyl (C=O) groups is 1. The van der Waals surface area contributed by atoms with Crippen molar-refractivity contribution in [1.29, 1.82) is 0 Å². The maximum atomic E-state index is 11.3. The van der Waals surface area contributed by atoms with Gasteiger partial charge in [0, 0.05) is 19.1 Å². The number of nitrogens with one attached hydrogen (secondary N) is 1. The van der Waals surface area contributed by atoms with Crippen molar-refractivity contribution in [2.24, 2.45) is 5.92 Å². The first-order valence-corrected chi connectivity index (χ1v) is 5.62. The summed E-state index contributed by atoms with van der Waals surface area (Å²) < 4.78 is 0. The quantitative estimate of drug-likeness (QED) is 0.720. The summed E-state index contributed by atoms with van der Waals surface area (Å²) in [5.41, 5.74) is 0. The second-order valence-corrected chi connectivity index (χ2v) is 4.35. The third-order valence-electron chi connectivity index (χ3n) is 2.94. The van der Waals surface area contributed by atoms with Gasteiger partial charge >= 0.3 is 0 Å². The number of aliphatic hydroxyl groups is 1. The van der Waals surface area contributed by atoms with Crippen molar-refractivity contribution >= 4 is 5.91 Å². The van der Waals surface area contributed by atoms with Crippen molar-refractivity contribution in [3.8, 4) is 0 Å². The van der Waals surface area contributed by atoms with Gasteiger partial charge < -0.3 is 10.4 Å². The molecule has 3 nitrogen and oxygen atoms in total. The average molecular weight is 199 g/mol. The molecule has 0 spiro atoms. The van der Waals surface area contributed by atoms with Crippen LogP contribution >= 0.6 is 0 Å². The van der Waals surface area contributed by atoms with Crippen molar-refractivity contribution in [2.45, 2.75) is 51.5 Å². The van der Waals surface area contributed by atoms with Gasteiger partial charge in [-0.3, -0.25) is 4.79 Å². The first-order valence-electron chi connectivity index (χ1n) is 5.62. The Bertz CT molecular complexity index is 174. The number of aliphatic hydroxyl groups excluding tert-OH is 1. The zero-order valence-corrected chi connectivity index (χ0v) is 8.96. The molecule has 1 rings (SSSR count). The molecule has 0 radical (unpaired) electrons. The van der Waals surface area contributed by atoms with E-state index in [1.54, 1.807) is 0 Å². The predicted molar refractivity (Wildman–Crippen MR) is 55.9 cm³/mol. The van der Waals surface area contributed by atoms with Crippen molar-refractivity contribution in [3.05, 3.63) is 0 Å². The van der Waals surface area contributed by atoms with Crippen LogP contribution < -0.4 is 5.32 Å². The van der Waals surface area contributed by atoms with Crippen LogP contribution in [0.25, 0.3) is 0 Å². The van der Waals surface area contributed by atoms with Gasteiger partial charge in [0.1, 0.15) is 0 Å². The molecule has 1 fully saturated rings. The van der Waals surface area contributed by atoms with Crippen LogP contribution in [0, 0.1) is 5.92 Å². The highest BCUT2D eigenvalue weighted by Gasteiger charge is 2.19. The summed E-state index contributed by atoms with van der Waals surface area (Å²) in [4.78, 5) is 11.3. The molecule has 0 unspecified atom stereocenters. The number of hydrogen-bond acceptors (Lipinski definition) is 2. The van der Waals surface area contributed by atoms with Gasteiger partial charge in [-0.2, -0.15) is 0 Å². The average Bonchev–Trinajstić information content (AvgIpc) is 2.18. The minimum atomic E-state index is 0.0959. The molecule has 1 aliphatic rings. The lowest BCUT2D eigenvalue weighted by atomic mass is 9.87. The Kier molecular flexibility index (Phi) is 4.94. The summed E-state index contributed by atoms with van der Waals surface area (Å²) >= 11 is 0. The van der Waals surface area contributed by atoms with Gasteiger partial charge in [0.05, 0.1) is 0 Å². The van der Waals surface area contributed by atoms with Crippen molar-refractivity contribution in [1.82, 2.24) is 5.32 Å². The number of hydrogen-bond donors (Lipinski definition) is 2. The standard InChI is InChI=1S/C11H21NO2/c1-9-4-6-10(7-5-9)12-11(14)3-2-8-13/h9-10,13H,2-8H2,1H3,(H,12,14). The Morgan fingerprint density at radius 2 is 2.00 bits per heavy atom. The highest BCUT2D eigenvalue weighted by molar-refractivity contribution is 5.76. The van der Waals surface area contributed by atoms with Crippen LogP contribution in [-0.2, 0) is 4.79 Å². The summed E-state index contributed by atoms with van der Waals surface area (Å²) in [7, 11) is 0. The van der Waals surface area contributed by atoms with Gasteiger partial charge in [0.25, 0.3) is 0 Å². The summed E-state index contributed by atoms with van der Waals surface area (Å²) in [6.07, 6.45) is 5.73. The highest BCUT2D eigenvalue weighted by Crippen LogP contribution is 2.23. The Balaban J connectivity index is 2.14. The predicted octanol–water partition coefficient (Wildman–Crippen LogP) is 1.45. The van der Waals surface area contributed by atoms with E-state index in [2.05, 4.69) is 12.2 Å².